The Morgan fingerprint density at radius 1 is 1.04 bits per heavy atom. The Bertz CT molecular complexity index is 693. The summed E-state index contributed by atoms with van der Waals surface area (Å²) in [5, 5.41) is 0. The van der Waals surface area contributed by atoms with Gasteiger partial charge in [-0.15, -0.1) is 0 Å². The molecule has 0 aliphatic heterocycles. The summed E-state index contributed by atoms with van der Waals surface area (Å²) in [5.41, 5.74) is 1.06. The summed E-state index contributed by atoms with van der Waals surface area (Å²) in [5.74, 6) is 0.742. The van der Waals surface area contributed by atoms with Crippen LogP contribution in [0.25, 0.3) is 0 Å². The van der Waals surface area contributed by atoms with Crippen LogP contribution in [0.4, 0.5) is 0 Å². The molecule has 0 bridgehead atoms. The van der Waals surface area contributed by atoms with Gasteiger partial charge in [0.25, 0.3) is 0 Å². The molecule has 132 valence electrons. The number of rotatable bonds is 8. The van der Waals surface area contributed by atoms with Crippen LogP contribution in [-0.2, 0) is 22.7 Å². The molecule has 5 heteroatoms. The van der Waals surface area contributed by atoms with Crippen LogP contribution in [0.5, 0.6) is 0 Å². The predicted molar refractivity (Wildman–Crippen MR) is 94.4 cm³/mol. The maximum atomic E-state index is 12.9. The first-order chi connectivity index (χ1) is 12.2. The highest BCUT2D eigenvalue weighted by atomic mass is 16.3. The van der Waals surface area contributed by atoms with Crippen molar-refractivity contribution >= 4 is 11.8 Å². The number of hydrogen-bond donors (Lipinski definition) is 0. The first kappa shape index (κ1) is 17.3. The molecule has 0 spiro atoms. The van der Waals surface area contributed by atoms with Gasteiger partial charge in [-0.25, -0.2) is 0 Å². The summed E-state index contributed by atoms with van der Waals surface area (Å²) < 4.78 is 5.41. The number of furan rings is 1. The zero-order chi connectivity index (χ0) is 17.6. The lowest BCUT2D eigenvalue weighted by Crippen LogP contribution is -2.43. The van der Waals surface area contributed by atoms with Gasteiger partial charge in [0.15, 0.2) is 0 Å². The fraction of sp³-hybridized carbons (Fsp3) is 0.400. The molecular formula is C20H24N2O3. The van der Waals surface area contributed by atoms with Crippen LogP contribution < -0.4 is 0 Å². The van der Waals surface area contributed by atoms with Gasteiger partial charge in [-0.1, -0.05) is 37.3 Å². The molecule has 2 amide bonds. The maximum absolute atomic E-state index is 12.9. The summed E-state index contributed by atoms with van der Waals surface area (Å²) in [6.45, 7) is 2.89. The van der Waals surface area contributed by atoms with Gasteiger partial charge < -0.3 is 14.2 Å². The van der Waals surface area contributed by atoms with Gasteiger partial charge in [0.1, 0.15) is 12.3 Å². The Balaban J connectivity index is 1.72. The van der Waals surface area contributed by atoms with E-state index in [4.69, 9.17) is 4.42 Å². The molecule has 0 saturated heterocycles. The Morgan fingerprint density at radius 2 is 1.80 bits per heavy atom. The van der Waals surface area contributed by atoms with Crippen LogP contribution in [0.2, 0.25) is 0 Å². The lowest BCUT2D eigenvalue weighted by Gasteiger charge is -2.27. The fourth-order valence-corrected chi connectivity index (χ4v) is 2.88. The van der Waals surface area contributed by atoms with Gasteiger partial charge in [0.2, 0.25) is 11.8 Å². The van der Waals surface area contributed by atoms with E-state index in [9.17, 15) is 9.59 Å². The average Bonchev–Trinajstić information content (AvgIpc) is 3.35. The van der Waals surface area contributed by atoms with Gasteiger partial charge in [0.05, 0.1) is 12.8 Å². The minimum Gasteiger partial charge on any atom is -0.467 e. The second-order valence-corrected chi connectivity index (χ2v) is 6.42. The second-order valence-electron chi connectivity index (χ2n) is 6.42. The predicted octanol–water partition coefficient (Wildman–Crippen LogP) is 3.21. The van der Waals surface area contributed by atoms with E-state index in [1.54, 1.807) is 16.1 Å². The zero-order valence-electron chi connectivity index (χ0n) is 14.6. The zero-order valence-corrected chi connectivity index (χ0v) is 14.6. The van der Waals surface area contributed by atoms with Crippen LogP contribution in [-0.4, -0.2) is 34.2 Å². The minimum absolute atomic E-state index is 0.0473. The summed E-state index contributed by atoms with van der Waals surface area (Å²) in [6.07, 6.45) is 4.03. The molecule has 1 heterocycles. The highest BCUT2D eigenvalue weighted by molar-refractivity contribution is 5.85. The number of benzene rings is 1. The van der Waals surface area contributed by atoms with Crippen LogP contribution >= 0.6 is 0 Å². The standard InChI is InChI=1S/C20H24N2O3/c1-2-19(23)22(17-10-11-17)15-20(24)21(14-18-9-6-12-25-18)13-16-7-4-3-5-8-16/h3-9,12,17H,2,10-11,13-15H2,1H3. The van der Waals surface area contributed by atoms with Crippen LogP contribution in [0.1, 0.15) is 37.5 Å². The van der Waals surface area contributed by atoms with Gasteiger partial charge in [-0.05, 0) is 30.5 Å². The Hall–Kier alpha value is -2.56. The number of carbonyl (C=O) groups excluding carboxylic acids is 2. The van der Waals surface area contributed by atoms with E-state index in [2.05, 4.69) is 0 Å². The first-order valence-electron chi connectivity index (χ1n) is 8.81. The SMILES string of the molecule is CCC(=O)N(CC(=O)N(Cc1ccccc1)Cc1ccco1)C1CC1. The third-order valence-corrected chi connectivity index (χ3v) is 4.41. The molecule has 1 aromatic heterocycles. The van der Waals surface area contributed by atoms with Crippen LogP contribution in [0, 0.1) is 0 Å². The fourth-order valence-electron chi connectivity index (χ4n) is 2.88. The van der Waals surface area contributed by atoms with E-state index in [-0.39, 0.29) is 24.4 Å². The van der Waals surface area contributed by atoms with Gasteiger partial charge >= 0.3 is 0 Å². The van der Waals surface area contributed by atoms with Crippen molar-refractivity contribution in [3.8, 4) is 0 Å². The molecule has 0 unspecified atom stereocenters. The molecular weight excluding hydrogens is 316 g/mol. The van der Waals surface area contributed by atoms with E-state index in [1.807, 2.05) is 49.4 Å². The van der Waals surface area contributed by atoms with Gasteiger partial charge in [-0.3, -0.25) is 9.59 Å². The van der Waals surface area contributed by atoms with E-state index in [0.29, 0.717) is 19.5 Å². The first-order valence-corrected chi connectivity index (χ1v) is 8.81. The van der Waals surface area contributed by atoms with E-state index >= 15 is 0 Å². The van der Waals surface area contributed by atoms with Crippen molar-refractivity contribution in [2.24, 2.45) is 0 Å². The summed E-state index contributed by atoms with van der Waals surface area (Å²) in [7, 11) is 0. The third-order valence-electron chi connectivity index (χ3n) is 4.41. The molecule has 3 rings (SSSR count). The van der Waals surface area contributed by atoms with Crippen molar-refractivity contribution in [2.45, 2.75) is 45.3 Å². The van der Waals surface area contributed by atoms with Crippen molar-refractivity contribution in [1.29, 1.82) is 0 Å². The number of carbonyl (C=O) groups is 2. The van der Waals surface area contributed by atoms with Gasteiger partial charge in [0, 0.05) is 19.0 Å². The largest absolute Gasteiger partial charge is 0.467 e. The molecule has 1 aliphatic carbocycles. The highest BCUT2D eigenvalue weighted by Crippen LogP contribution is 2.27. The number of amides is 2. The Kier molecular flexibility index (Phi) is 5.53. The van der Waals surface area contributed by atoms with E-state index in [1.165, 1.54) is 0 Å². The van der Waals surface area contributed by atoms with Crippen molar-refractivity contribution in [3.05, 3.63) is 60.1 Å². The van der Waals surface area contributed by atoms with Crippen LogP contribution in [0.3, 0.4) is 0 Å². The third kappa shape index (κ3) is 4.72. The summed E-state index contributed by atoms with van der Waals surface area (Å²) in [4.78, 5) is 28.6. The smallest absolute Gasteiger partial charge is 0.242 e. The molecule has 2 aromatic rings. The van der Waals surface area contributed by atoms with Crippen LogP contribution in [0.15, 0.2) is 53.1 Å². The quantitative estimate of drug-likeness (QED) is 0.741. The van der Waals surface area contributed by atoms with Gasteiger partial charge in [-0.2, -0.15) is 0 Å². The van der Waals surface area contributed by atoms with Crippen molar-refractivity contribution in [2.75, 3.05) is 6.54 Å². The molecule has 5 nitrogen and oxygen atoms in total. The molecule has 1 saturated carbocycles. The molecule has 1 fully saturated rings. The summed E-state index contributed by atoms with van der Waals surface area (Å²) >= 11 is 0. The van der Waals surface area contributed by atoms with Crippen molar-refractivity contribution < 1.29 is 14.0 Å². The Labute approximate surface area is 148 Å². The second kappa shape index (κ2) is 8.01. The van der Waals surface area contributed by atoms with E-state index < -0.39 is 0 Å². The Morgan fingerprint density at radius 3 is 2.40 bits per heavy atom. The van der Waals surface area contributed by atoms with E-state index in [0.717, 1.165) is 24.2 Å². The maximum Gasteiger partial charge on any atom is 0.242 e. The highest BCUT2D eigenvalue weighted by Gasteiger charge is 2.34. The minimum atomic E-state index is -0.0473. The molecule has 0 atom stereocenters. The topological polar surface area (TPSA) is 53.8 Å². The van der Waals surface area contributed by atoms with Crippen molar-refractivity contribution in [3.63, 3.8) is 0 Å². The lowest BCUT2D eigenvalue weighted by molar-refractivity contribution is -0.141. The molecule has 0 N–H and O–H groups in total. The molecule has 1 aliphatic rings. The number of nitrogens with zero attached hydrogens (tertiary/aromatic N) is 2. The normalized spacial score (nSPS) is 13.5. The summed E-state index contributed by atoms with van der Waals surface area (Å²) in [6, 6.07) is 13.8. The lowest BCUT2D eigenvalue weighted by atomic mass is 10.2. The molecule has 0 radical (unpaired) electrons. The molecule has 1 aromatic carbocycles. The monoisotopic (exact) mass is 340 g/mol. The number of hydrogen-bond acceptors (Lipinski definition) is 3. The molecule has 25 heavy (non-hydrogen) atoms. The van der Waals surface area contributed by atoms with Crippen molar-refractivity contribution in [1.82, 2.24) is 9.80 Å². The average molecular weight is 340 g/mol.